The molecule has 0 atom stereocenters. The van der Waals surface area contributed by atoms with Crippen molar-refractivity contribution in [3.63, 3.8) is 0 Å². The van der Waals surface area contributed by atoms with E-state index >= 15 is 0 Å². The molecular weight excluding hydrogens is 300 g/mol. The average Bonchev–Trinajstić information content (AvgIpc) is 2.42. The first-order chi connectivity index (χ1) is 9.61. The van der Waals surface area contributed by atoms with E-state index in [0.29, 0.717) is 29.0 Å². The Morgan fingerprint density at radius 2 is 1.90 bits per heavy atom. The molecule has 2 rings (SSSR count). The summed E-state index contributed by atoms with van der Waals surface area (Å²) in [6.45, 7) is 1.18. The standard InChI is InChI=1S/C14H14Cl2FN3/c15-10-8-13(16)14(19-9-10)20(7-1-6-18)12-4-2-11(17)3-5-12/h2-5,8-9H,1,6-7,18H2. The number of nitrogens with zero attached hydrogens (tertiary/aromatic N) is 2. The highest BCUT2D eigenvalue weighted by molar-refractivity contribution is 6.36. The van der Waals surface area contributed by atoms with Gasteiger partial charge in [0.15, 0.2) is 5.82 Å². The first kappa shape index (κ1) is 15.0. The van der Waals surface area contributed by atoms with Gasteiger partial charge in [-0.3, -0.25) is 0 Å². The second-order valence-corrected chi connectivity index (χ2v) is 5.07. The lowest BCUT2D eigenvalue weighted by atomic mass is 10.2. The number of pyridine rings is 1. The molecule has 1 heterocycles. The predicted octanol–water partition coefficient (Wildman–Crippen LogP) is 4.01. The van der Waals surface area contributed by atoms with Crippen LogP contribution in [0.4, 0.5) is 15.9 Å². The van der Waals surface area contributed by atoms with Crippen molar-refractivity contribution in [1.29, 1.82) is 0 Å². The van der Waals surface area contributed by atoms with Gasteiger partial charge in [-0.2, -0.15) is 0 Å². The number of anilines is 2. The zero-order chi connectivity index (χ0) is 14.5. The fraction of sp³-hybridized carbons (Fsp3) is 0.214. The summed E-state index contributed by atoms with van der Waals surface area (Å²) in [7, 11) is 0. The van der Waals surface area contributed by atoms with Gasteiger partial charge in [0.1, 0.15) is 5.82 Å². The molecule has 0 bridgehead atoms. The van der Waals surface area contributed by atoms with Gasteiger partial charge in [0.05, 0.1) is 10.0 Å². The zero-order valence-corrected chi connectivity index (χ0v) is 12.2. The second-order valence-electron chi connectivity index (χ2n) is 4.23. The number of halogens is 3. The number of rotatable bonds is 5. The fourth-order valence-electron chi connectivity index (χ4n) is 1.83. The normalized spacial score (nSPS) is 10.6. The van der Waals surface area contributed by atoms with Crippen LogP contribution in [-0.4, -0.2) is 18.1 Å². The Bertz CT molecular complexity index is 575. The van der Waals surface area contributed by atoms with Gasteiger partial charge in [-0.25, -0.2) is 9.37 Å². The van der Waals surface area contributed by atoms with Gasteiger partial charge in [-0.1, -0.05) is 23.2 Å². The Hall–Kier alpha value is -1.36. The number of hydrogen-bond donors (Lipinski definition) is 1. The van der Waals surface area contributed by atoms with E-state index < -0.39 is 0 Å². The molecule has 0 unspecified atom stereocenters. The molecule has 0 spiro atoms. The molecule has 0 aliphatic rings. The van der Waals surface area contributed by atoms with Gasteiger partial charge < -0.3 is 10.6 Å². The molecule has 2 aromatic rings. The Balaban J connectivity index is 2.38. The van der Waals surface area contributed by atoms with E-state index in [4.69, 9.17) is 28.9 Å². The van der Waals surface area contributed by atoms with Gasteiger partial charge in [0, 0.05) is 18.4 Å². The van der Waals surface area contributed by atoms with Crippen LogP contribution in [0.1, 0.15) is 6.42 Å². The molecule has 0 saturated carbocycles. The Kier molecular flexibility index (Phi) is 5.17. The van der Waals surface area contributed by atoms with E-state index in [9.17, 15) is 4.39 Å². The topological polar surface area (TPSA) is 42.1 Å². The van der Waals surface area contributed by atoms with E-state index in [1.54, 1.807) is 18.2 Å². The van der Waals surface area contributed by atoms with Crippen molar-refractivity contribution in [2.45, 2.75) is 6.42 Å². The van der Waals surface area contributed by atoms with Gasteiger partial charge >= 0.3 is 0 Å². The minimum atomic E-state index is -0.289. The predicted molar refractivity (Wildman–Crippen MR) is 81.3 cm³/mol. The summed E-state index contributed by atoms with van der Waals surface area (Å²) in [5.74, 6) is 0.291. The summed E-state index contributed by atoms with van der Waals surface area (Å²) >= 11 is 12.0. The smallest absolute Gasteiger partial charge is 0.151 e. The summed E-state index contributed by atoms with van der Waals surface area (Å²) in [5, 5.41) is 0.912. The number of nitrogens with two attached hydrogens (primary N) is 1. The fourth-order valence-corrected chi connectivity index (χ4v) is 2.32. The lowest BCUT2D eigenvalue weighted by Gasteiger charge is -2.24. The van der Waals surface area contributed by atoms with Crippen molar-refractivity contribution in [2.75, 3.05) is 18.0 Å². The van der Waals surface area contributed by atoms with Crippen LogP contribution in [0.3, 0.4) is 0 Å². The van der Waals surface area contributed by atoms with Crippen LogP contribution in [0.25, 0.3) is 0 Å². The zero-order valence-electron chi connectivity index (χ0n) is 10.7. The molecule has 0 radical (unpaired) electrons. The van der Waals surface area contributed by atoms with Gasteiger partial charge in [-0.05, 0) is 43.3 Å². The van der Waals surface area contributed by atoms with E-state index in [1.165, 1.54) is 18.3 Å². The Labute approximate surface area is 127 Å². The first-order valence-electron chi connectivity index (χ1n) is 6.16. The first-order valence-corrected chi connectivity index (χ1v) is 6.91. The lowest BCUT2D eigenvalue weighted by Crippen LogP contribution is -2.22. The van der Waals surface area contributed by atoms with Crippen LogP contribution in [0.2, 0.25) is 10.0 Å². The molecule has 20 heavy (non-hydrogen) atoms. The summed E-state index contributed by atoms with van der Waals surface area (Å²) in [4.78, 5) is 6.15. The van der Waals surface area contributed by atoms with Crippen LogP contribution in [-0.2, 0) is 0 Å². The molecule has 2 N–H and O–H groups in total. The molecule has 1 aromatic heterocycles. The van der Waals surface area contributed by atoms with Crippen LogP contribution < -0.4 is 10.6 Å². The molecule has 0 saturated heterocycles. The van der Waals surface area contributed by atoms with Crippen molar-refractivity contribution < 1.29 is 4.39 Å². The molecule has 6 heteroatoms. The molecule has 3 nitrogen and oxygen atoms in total. The maximum absolute atomic E-state index is 13.0. The lowest BCUT2D eigenvalue weighted by molar-refractivity contribution is 0.627. The van der Waals surface area contributed by atoms with Gasteiger partial charge in [-0.15, -0.1) is 0 Å². The number of aromatic nitrogens is 1. The minimum Gasteiger partial charge on any atom is -0.330 e. The maximum atomic E-state index is 13.0. The summed E-state index contributed by atoms with van der Waals surface area (Å²) in [6.07, 6.45) is 2.29. The minimum absolute atomic E-state index is 0.289. The highest BCUT2D eigenvalue weighted by atomic mass is 35.5. The maximum Gasteiger partial charge on any atom is 0.151 e. The highest BCUT2D eigenvalue weighted by Gasteiger charge is 2.14. The third kappa shape index (κ3) is 3.60. The summed E-state index contributed by atoms with van der Waals surface area (Å²) in [5.41, 5.74) is 6.36. The monoisotopic (exact) mass is 313 g/mol. The SMILES string of the molecule is NCCCN(c1ccc(F)cc1)c1ncc(Cl)cc1Cl. The van der Waals surface area contributed by atoms with Gasteiger partial charge in [0.2, 0.25) is 0 Å². The quantitative estimate of drug-likeness (QED) is 0.906. The summed E-state index contributed by atoms with van der Waals surface area (Å²) < 4.78 is 13.0. The van der Waals surface area contributed by atoms with E-state index in [2.05, 4.69) is 4.98 Å². The van der Waals surface area contributed by atoms with Crippen LogP contribution in [0.15, 0.2) is 36.5 Å². The molecular formula is C14H14Cl2FN3. The molecule has 106 valence electrons. The third-order valence-electron chi connectivity index (χ3n) is 2.77. The van der Waals surface area contributed by atoms with Crippen molar-refractivity contribution >= 4 is 34.7 Å². The summed E-state index contributed by atoms with van der Waals surface area (Å²) in [6, 6.07) is 7.78. The van der Waals surface area contributed by atoms with Crippen molar-refractivity contribution in [1.82, 2.24) is 4.98 Å². The van der Waals surface area contributed by atoms with Crippen molar-refractivity contribution in [3.8, 4) is 0 Å². The Morgan fingerprint density at radius 3 is 2.50 bits per heavy atom. The van der Waals surface area contributed by atoms with Crippen LogP contribution in [0.5, 0.6) is 0 Å². The van der Waals surface area contributed by atoms with E-state index in [1.807, 2.05) is 4.90 Å². The number of benzene rings is 1. The average molecular weight is 314 g/mol. The molecule has 0 amide bonds. The molecule has 0 aliphatic carbocycles. The van der Waals surface area contributed by atoms with Crippen LogP contribution >= 0.6 is 23.2 Å². The number of hydrogen-bond acceptors (Lipinski definition) is 3. The Morgan fingerprint density at radius 1 is 1.20 bits per heavy atom. The molecule has 1 aromatic carbocycles. The van der Waals surface area contributed by atoms with Crippen molar-refractivity contribution in [3.05, 3.63) is 52.4 Å². The highest BCUT2D eigenvalue weighted by Crippen LogP contribution is 2.31. The van der Waals surface area contributed by atoms with Crippen LogP contribution in [0, 0.1) is 5.82 Å². The third-order valence-corrected chi connectivity index (χ3v) is 3.25. The molecule has 0 aliphatic heterocycles. The molecule has 0 fully saturated rings. The van der Waals surface area contributed by atoms with E-state index in [-0.39, 0.29) is 5.82 Å². The van der Waals surface area contributed by atoms with Crippen molar-refractivity contribution in [2.24, 2.45) is 5.73 Å². The van der Waals surface area contributed by atoms with Gasteiger partial charge in [0.25, 0.3) is 0 Å². The van der Waals surface area contributed by atoms with E-state index in [0.717, 1.165) is 12.1 Å². The second kappa shape index (κ2) is 6.88. The largest absolute Gasteiger partial charge is 0.330 e.